The third-order valence-corrected chi connectivity index (χ3v) is 4.32. The second-order valence-corrected chi connectivity index (χ2v) is 6.41. The van der Waals surface area contributed by atoms with Crippen LogP contribution in [0.15, 0.2) is 67.0 Å². The molecular weight excluding hydrogens is 355 g/mol. The quantitative estimate of drug-likeness (QED) is 0.558. The van der Waals surface area contributed by atoms with E-state index >= 15 is 0 Å². The molecule has 5 nitrogen and oxygen atoms in total. The molecule has 0 saturated heterocycles. The first-order valence-electron chi connectivity index (χ1n) is 9.34. The number of aromatic nitrogens is 2. The summed E-state index contributed by atoms with van der Waals surface area (Å²) in [5, 5.41) is 5.91. The van der Waals surface area contributed by atoms with Crippen LogP contribution in [-0.4, -0.2) is 29.0 Å². The summed E-state index contributed by atoms with van der Waals surface area (Å²) >= 11 is 0. The first kappa shape index (κ1) is 19.5. The zero-order chi connectivity index (χ0) is 19.6. The molecule has 144 valence electrons. The van der Waals surface area contributed by atoms with Gasteiger partial charge in [-0.1, -0.05) is 48.5 Å². The van der Waals surface area contributed by atoms with Crippen molar-refractivity contribution < 1.29 is 9.18 Å². The van der Waals surface area contributed by atoms with Crippen molar-refractivity contribution in [1.29, 1.82) is 0 Å². The molecule has 3 rings (SSSR count). The van der Waals surface area contributed by atoms with Gasteiger partial charge in [-0.15, -0.1) is 0 Å². The van der Waals surface area contributed by atoms with Crippen LogP contribution in [0.3, 0.4) is 0 Å². The molecule has 1 aromatic heterocycles. The summed E-state index contributed by atoms with van der Waals surface area (Å²) in [5.74, 6) is -0.0364. The fourth-order valence-electron chi connectivity index (χ4n) is 2.79. The maximum atomic E-state index is 13.6. The van der Waals surface area contributed by atoms with Crippen LogP contribution >= 0.6 is 0 Å². The van der Waals surface area contributed by atoms with E-state index in [1.54, 1.807) is 18.2 Å². The van der Waals surface area contributed by atoms with E-state index in [-0.39, 0.29) is 11.7 Å². The minimum absolute atomic E-state index is 0.261. The van der Waals surface area contributed by atoms with Gasteiger partial charge in [-0.2, -0.15) is 0 Å². The lowest BCUT2D eigenvalue weighted by Gasteiger charge is -2.07. The number of aryl methyl sites for hydroxylation is 1. The van der Waals surface area contributed by atoms with Crippen LogP contribution in [0.1, 0.15) is 27.9 Å². The molecule has 2 N–H and O–H groups in total. The van der Waals surface area contributed by atoms with Crippen molar-refractivity contribution in [2.75, 3.05) is 18.4 Å². The van der Waals surface area contributed by atoms with E-state index in [4.69, 9.17) is 0 Å². The van der Waals surface area contributed by atoms with Gasteiger partial charge in [0.1, 0.15) is 5.82 Å². The summed E-state index contributed by atoms with van der Waals surface area (Å²) < 4.78 is 13.6. The number of anilines is 1. The number of rotatable bonds is 9. The lowest BCUT2D eigenvalue weighted by molar-refractivity contribution is 0.0953. The third kappa shape index (κ3) is 5.87. The van der Waals surface area contributed by atoms with Crippen LogP contribution in [0.25, 0.3) is 0 Å². The molecule has 0 atom stereocenters. The molecule has 0 aliphatic carbocycles. The van der Waals surface area contributed by atoms with Crippen LogP contribution in [0.2, 0.25) is 0 Å². The van der Waals surface area contributed by atoms with Crippen LogP contribution in [0, 0.1) is 5.82 Å². The van der Waals surface area contributed by atoms with Gasteiger partial charge >= 0.3 is 0 Å². The molecule has 3 aromatic rings. The number of hydrogen-bond donors (Lipinski definition) is 2. The van der Waals surface area contributed by atoms with Crippen LogP contribution < -0.4 is 10.6 Å². The third-order valence-electron chi connectivity index (χ3n) is 4.32. The van der Waals surface area contributed by atoms with Gasteiger partial charge in [-0.05, 0) is 36.5 Å². The van der Waals surface area contributed by atoms with E-state index in [0.29, 0.717) is 30.0 Å². The summed E-state index contributed by atoms with van der Waals surface area (Å²) in [6.07, 6.45) is 5.36. The lowest BCUT2D eigenvalue weighted by atomic mass is 10.1. The molecule has 0 bridgehead atoms. The average Bonchev–Trinajstić information content (AvgIpc) is 2.74. The SMILES string of the molecule is O=C(NCCc1ccccc1F)c1cnc(NCCCc2ccccc2)nc1. The summed E-state index contributed by atoms with van der Waals surface area (Å²) in [6, 6.07) is 16.8. The number of carbonyl (C=O) groups is 1. The number of halogens is 1. The molecule has 28 heavy (non-hydrogen) atoms. The summed E-state index contributed by atoms with van der Waals surface area (Å²) in [6.45, 7) is 1.10. The van der Waals surface area contributed by atoms with E-state index in [1.165, 1.54) is 24.0 Å². The monoisotopic (exact) mass is 378 g/mol. The minimum atomic E-state index is -0.271. The number of nitrogens with zero attached hydrogens (tertiary/aromatic N) is 2. The maximum Gasteiger partial charge on any atom is 0.254 e. The highest BCUT2D eigenvalue weighted by molar-refractivity contribution is 5.93. The Kier molecular flexibility index (Phi) is 7.07. The highest BCUT2D eigenvalue weighted by Crippen LogP contribution is 2.07. The van der Waals surface area contributed by atoms with E-state index in [2.05, 4.69) is 32.7 Å². The Morgan fingerprint density at radius 1 is 0.893 bits per heavy atom. The Morgan fingerprint density at radius 2 is 1.61 bits per heavy atom. The molecule has 0 unspecified atom stereocenters. The van der Waals surface area contributed by atoms with Gasteiger partial charge in [0.25, 0.3) is 5.91 Å². The van der Waals surface area contributed by atoms with E-state index in [1.807, 2.05) is 18.2 Å². The fraction of sp³-hybridized carbons (Fsp3) is 0.227. The van der Waals surface area contributed by atoms with Gasteiger partial charge < -0.3 is 10.6 Å². The van der Waals surface area contributed by atoms with Crippen molar-refractivity contribution in [3.8, 4) is 0 Å². The molecular formula is C22H23FN4O. The second-order valence-electron chi connectivity index (χ2n) is 6.41. The van der Waals surface area contributed by atoms with Crippen molar-refractivity contribution in [3.63, 3.8) is 0 Å². The van der Waals surface area contributed by atoms with Gasteiger partial charge in [0.05, 0.1) is 5.56 Å². The molecule has 0 aliphatic heterocycles. The first-order chi connectivity index (χ1) is 13.7. The Bertz CT molecular complexity index is 885. The number of hydrogen-bond acceptors (Lipinski definition) is 4. The van der Waals surface area contributed by atoms with Crippen molar-refractivity contribution in [2.45, 2.75) is 19.3 Å². The van der Waals surface area contributed by atoms with E-state index < -0.39 is 0 Å². The standard InChI is InChI=1S/C22H23FN4O/c23-20-11-5-4-10-18(20)12-14-24-21(28)19-15-26-22(27-16-19)25-13-6-9-17-7-2-1-3-8-17/h1-5,7-8,10-11,15-16H,6,9,12-14H2,(H,24,28)(H,25,26,27). The molecule has 0 saturated carbocycles. The zero-order valence-corrected chi connectivity index (χ0v) is 15.6. The van der Waals surface area contributed by atoms with Gasteiger partial charge in [-0.3, -0.25) is 4.79 Å². The maximum absolute atomic E-state index is 13.6. The number of nitrogens with one attached hydrogen (secondary N) is 2. The van der Waals surface area contributed by atoms with Crippen molar-refractivity contribution in [3.05, 3.63) is 89.5 Å². The number of benzene rings is 2. The predicted molar refractivity (Wildman–Crippen MR) is 108 cm³/mol. The molecule has 2 aromatic carbocycles. The van der Waals surface area contributed by atoms with Crippen LogP contribution in [-0.2, 0) is 12.8 Å². The largest absolute Gasteiger partial charge is 0.354 e. The first-order valence-corrected chi connectivity index (χ1v) is 9.34. The summed E-state index contributed by atoms with van der Waals surface area (Å²) in [7, 11) is 0. The second kappa shape index (κ2) is 10.2. The van der Waals surface area contributed by atoms with Gasteiger partial charge in [0.15, 0.2) is 0 Å². The molecule has 0 fully saturated rings. The smallest absolute Gasteiger partial charge is 0.254 e. The predicted octanol–water partition coefficient (Wildman–Crippen LogP) is 3.63. The minimum Gasteiger partial charge on any atom is -0.354 e. The zero-order valence-electron chi connectivity index (χ0n) is 15.6. The lowest BCUT2D eigenvalue weighted by Crippen LogP contribution is -2.26. The fourth-order valence-corrected chi connectivity index (χ4v) is 2.79. The molecule has 0 aliphatic rings. The molecule has 6 heteroatoms. The Hall–Kier alpha value is -3.28. The van der Waals surface area contributed by atoms with Crippen LogP contribution in [0.5, 0.6) is 0 Å². The Morgan fingerprint density at radius 3 is 2.36 bits per heavy atom. The van der Waals surface area contributed by atoms with Crippen LogP contribution in [0.4, 0.5) is 10.3 Å². The summed E-state index contributed by atoms with van der Waals surface area (Å²) in [4.78, 5) is 20.5. The van der Waals surface area contributed by atoms with Gasteiger partial charge in [-0.25, -0.2) is 14.4 Å². The number of carbonyl (C=O) groups excluding carboxylic acids is 1. The normalized spacial score (nSPS) is 10.5. The van der Waals surface area contributed by atoms with Crippen molar-refractivity contribution >= 4 is 11.9 Å². The highest BCUT2D eigenvalue weighted by Gasteiger charge is 2.07. The summed E-state index contributed by atoms with van der Waals surface area (Å²) in [5.41, 5.74) is 2.25. The van der Waals surface area contributed by atoms with E-state index in [9.17, 15) is 9.18 Å². The van der Waals surface area contributed by atoms with Crippen molar-refractivity contribution in [2.24, 2.45) is 0 Å². The van der Waals surface area contributed by atoms with Gasteiger partial charge in [0, 0.05) is 25.5 Å². The molecule has 0 spiro atoms. The Balaban J connectivity index is 1.39. The van der Waals surface area contributed by atoms with E-state index in [0.717, 1.165) is 19.4 Å². The average molecular weight is 378 g/mol. The number of amides is 1. The van der Waals surface area contributed by atoms with Crippen molar-refractivity contribution in [1.82, 2.24) is 15.3 Å². The van der Waals surface area contributed by atoms with Gasteiger partial charge in [0.2, 0.25) is 5.95 Å². The molecule has 0 radical (unpaired) electrons. The Labute approximate surface area is 164 Å². The molecule has 1 heterocycles. The molecule has 1 amide bonds. The topological polar surface area (TPSA) is 66.9 Å². The highest BCUT2D eigenvalue weighted by atomic mass is 19.1.